The van der Waals surface area contributed by atoms with Gasteiger partial charge in [0.2, 0.25) is 0 Å². The first-order chi connectivity index (χ1) is 9.79. The summed E-state index contributed by atoms with van der Waals surface area (Å²) >= 11 is 6.15. The van der Waals surface area contributed by atoms with Gasteiger partial charge in [0, 0.05) is 5.56 Å². The molecule has 0 spiro atoms. The summed E-state index contributed by atoms with van der Waals surface area (Å²) in [4.78, 5) is 0. The van der Waals surface area contributed by atoms with Gasteiger partial charge in [-0.3, -0.25) is 0 Å². The summed E-state index contributed by atoms with van der Waals surface area (Å²) in [7, 11) is 0. The van der Waals surface area contributed by atoms with E-state index in [1.165, 1.54) is 30.4 Å². The van der Waals surface area contributed by atoms with Gasteiger partial charge in [0.05, 0.1) is 12.3 Å². The van der Waals surface area contributed by atoms with Gasteiger partial charge in [-0.15, -0.1) is 0 Å². The Morgan fingerprint density at radius 1 is 1.35 bits per heavy atom. The van der Waals surface area contributed by atoms with Gasteiger partial charge in [0.25, 0.3) is 0 Å². The molecule has 106 valence electrons. The average Bonchev–Trinajstić information content (AvgIpc) is 2.80. The largest absolute Gasteiger partial charge is 0.453 e. The van der Waals surface area contributed by atoms with Gasteiger partial charge >= 0.3 is 0 Å². The van der Waals surface area contributed by atoms with E-state index >= 15 is 0 Å². The van der Waals surface area contributed by atoms with E-state index in [1.807, 2.05) is 6.07 Å². The first-order valence-electron chi connectivity index (χ1n) is 7.35. The molecule has 0 amide bonds. The normalized spacial score (nSPS) is 16.9. The molecule has 20 heavy (non-hydrogen) atoms. The fraction of sp³-hybridized carbons (Fsp3) is 0.412. The Bertz CT molecular complexity index is 574. The molecule has 1 aromatic heterocycles. The minimum absolute atomic E-state index is 0.103. The number of hydrogen-bond acceptors (Lipinski definition) is 2. The molecule has 0 radical (unpaired) electrons. The van der Waals surface area contributed by atoms with Crippen molar-refractivity contribution in [1.29, 1.82) is 0 Å². The van der Waals surface area contributed by atoms with Crippen LogP contribution in [0, 0.1) is 0 Å². The number of furan rings is 1. The lowest BCUT2D eigenvalue weighted by Crippen LogP contribution is -2.22. The predicted molar refractivity (Wildman–Crippen MR) is 82.3 cm³/mol. The lowest BCUT2D eigenvalue weighted by atomic mass is 9.79. The maximum Gasteiger partial charge on any atom is 0.198 e. The Hall–Kier alpha value is -1.25. The third-order valence-electron chi connectivity index (χ3n) is 4.19. The maximum absolute atomic E-state index is 6.15. The molecule has 1 saturated carbocycles. The zero-order chi connectivity index (χ0) is 13.9. The van der Waals surface area contributed by atoms with Crippen molar-refractivity contribution in [3.63, 3.8) is 0 Å². The Morgan fingerprint density at radius 2 is 2.20 bits per heavy atom. The molecule has 3 rings (SSSR count). The summed E-state index contributed by atoms with van der Waals surface area (Å²) in [6.45, 7) is 3.00. The molecule has 1 atom stereocenters. The van der Waals surface area contributed by atoms with Gasteiger partial charge in [0.1, 0.15) is 0 Å². The van der Waals surface area contributed by atoms with Gasteiger partial charge in [-0.05, 0) is 54.1 Å². The highest BCUT2D eigenvalue weighted by molar-refractivity contribution is 6.29. The summed E-state index contributed by atoms with van der Waals surface area (Å²) in [5, 5.41) is 3.98. The summed E-state index contributed by atoms with van der Waals surface area (Å²) in [5.41, 5.74) is 3.73. The number of rotatable bonds is 5. The van der Waals surface area contributed by atoms with Crippen molar-refractivity contribution >= 4 is 11.6 Å². The summed E-state index contributed by atoms with van der Waals surface area (Å²) in [5.74, 6) is 0.747. The van der Waals surface area contributed by atoms with Crippen molar-refractivity contribution in [2.24, 2.45) is 0 Å². The molecule has 1 unspecified atom stereocenters. The summed E-state index contributed by atoms with van der Waals surface area (Å²) < 4.78 is 5.25. The maximum atomic E-state index is 6.15. The second-order valence-corrected chi connectivity index (χ2v) is 5.78. The standard InChI is InChI=1S/C17H20ClNO/c1-2-19-16(15-9-10-20-17(15)18)14-8-4-7-13(11-14)12-5-3-6-12/h4,7-12,16,19H,2-3,5-6H2,1H3. The molecule has 1 aliphatic rings. The molecule has 1 heterocycles. The Morgan fingerprint density at radius 3 is 2.80 bits per heavy atom. The van der Waals surface area contributed by atoms with Crippen LogP contribution in [0.3, 0.4) is 0 Å². The van der Waals surface area contributed by atoms with Crippen molar-refractivity contribution in [1.82, 2.24) is 5.32 Å². The first-order valence-corrected chi connectivity index (χ1v) is 7.73. The molecule has 2 nitrogen and oxygen atoms in total. The van der Waals surface area contributed by atoms with Gasteiger partial charge in [-0.2, -0.15) is 0 Å². The van der Waals surface area contributed by atoms with Crippen LogP contribution in [0.1, 0.15) is 54.8 Å². The van der Waals surface area contributed by atoms with Crippen LogP contribution in [0.2, 0.25) is 5.22 Å². The average molecular weight is 290 g/mol. The van der Waals surface area contributed by atoms with E-state index in [1.54, 1.807) is 6.26 Å². The molecule has 0 saturated heterocycles. The van der Waals surface area contributed by atoms with Gasteiger partial charge in [0.15, 0.2) is 5.22 Å². The zero-order valence-electron chi connectivity index (χ0n) is 11.7. The van der Waals surface area contributed by atoms with Crippen LogP contribution in [-0.4, -0.2) is 6.54 Å². The van der Waals surface area contributed by atoms with Gasteiger partial charge in [-0.1, -0.05) is 37.6 Å². The smallest absolute Gasteiger partial charge is 0.198 e. The first kappa shape index (κ1) is 13.7. The predicted octanol–water partition coefficient (Wildman–Crippen LogP) is 4.90. The van der Waals surface area contributed by atoms with E-state index in [-0.39, 0.29) is 6.04 Å². The van der Waals surface area contributed by atoms with Gasteiger partial charge in [-0.25, -0.2) is 0 Å². The number of hydrogen-bond donors (Lipinski definition) is 1. The van der Waals surface area contributed by atoms with Crippen LogP contribution in [-0.2, 0) is 0 Å². The van der Waals surface area contributed by atoms with E-state index in [4.69, 9.17) is 16.0 Å². The highest BCUT2D eigenvalue weighted by Crippen LogP contribution is 2.38. The van der Waals surface area contributed by atoms with Gasteiger partial charge < -0.3 is 9.73 Å². The minimum atomic E-state index is 0.103. The summed E-state index contributed by atoms with van der Waals surface area (Å²) in [6, 6.07) is 10.9. The zero-order valence-corrected chi connectivity index (χ0v) is 12.5. The van der Waals surface area contributed by atoms with Crippen molar-refractivity contribution in [3.8, 4) is 0 Å². The number of halogens is 1. The molecule has 0 aliphatic heterocycles. The van der Waals surface area contributed by atoms with E-state index < -0.39 is 0 Å². The van der Waals surface area contributed by atoms with E-state index in [9.17, 15) is 0 Å². The minimum Gasteiger partial charge on any atom is -0.453 e. The molecule has 2 aromatic rings. The molecule has 1 aromatic carbocycles. The van der Waals surface area contributed by atoms with Crippen molar-refractivity contribution in [3.05, 3.63) is 58.5 Å². The van der Waals surface area contributed by atoms with Crippen LogP contribution in [0.15, 0.2) is 41.0 Å². The fourth-order valence-corrected chi connectivity index (χ4v) is 3.08. The van der Waals surface area contributed by atoms with Crippen LogP contribution < -0.4 is 5.32 Å². The Labute approximate surface area is 125 Å². The molecular weight excluding hydrogens is 270 g/mol. The molecule has 1 aliphatic carbocycles. The SMILES string of the molecule is CCNC(c1cccc(C2CCC2)c1)c1ccoc1Cl. The molecule has 3 heteroatoms. The lowest BCUT2D eigenvalue weighted by Gasteiger charge is -2.27. The fourth-order valence-electron chi connectivity index (χ4n) is 2.86. The van der Waals surface area contributed by atoms with Crippen molar-refractivity contribution in [2.75, 3.05) is 6.54 Å². The monoisotopic (exact) mass is 289 g/mol. The molecule has 0 bridgehead atoms. The molecule has 1 fully saturated rings. The van der Waals surface area contributed by atoms with Crippen LogP contribution >= 0.6 is 11.6 Å². The highest BCUT2D eigenvalue weighted by Gasteiger charge is 2.22. The number of benzene rings is 1. The Balaban J connectivity index is 1.93. The highest BCUT2D eigenvalue weighted by atomic mass is 35.5. The van der Waals surface area contributed by atoms with Crippen LogP contribution in [0.5, 0.6) is 0 Å². The topological polar surface area (TPSA) is 25.2 Å². The van der Waals surface area contributed by atoms with Crippen molar-refractivity contribution < 1.29 is 4.42 Å². The molecule has 1 N–H and O–H groups in total. The second kappa shape index (κ2) is 6.02. The summed E-state index contributed by atoms with van der Waals surface area (Å²) in [6.07, 6.45) is 5.65. The van der Waals surface area contributed by atoms with Crippen LogP contribution in [0.4, 0.5) is 0 Å². The second-order valence-electron chi connectivity index (χ2n) is 5.44. The van der Waals surface area contributed by atoms with E-state index in [0.29, 0.717) is 5.22 Å². The quantitative estimate of drug-likeness (QED) is 0.847. The van der Waals surface area contributed by atoms with Crippen molar-refractivity contribution in [2.45, 2.75) is 38.1 Å². The Kier molecular flexibility index (Phi) is 4.13. The third kappa shape index (κ3) is 2.63. The number of nitrogens with one attached hydrogen (secondary N) is 1. The van der Waals surface area contributed by atoms with Crippen LogP contribution in [0.25, 0.3) is 0 Å². The lowest BCUT2D eigenvalue weighted by molar-refractivity contribution is 0.419. The van der Waals surface area contributed by atoms with E-state index in [0.717, 1.165) is 18.0 Å². The van der Waals surface area contributed by atoms with E-state index in [2.05, 4.69) is 36.5 Å². The molecular formula is C17H20ClNO. The third-order valence-corrected chi connectivity index (χ3v) is 4.49.